The Morgan fingerprint density at radius 2 is 0.837 bits per heavy atom. The highest BCUT2D eigenvalue weighted by molar-refractivity contribution is 9.11. The third kappa shape index (κ3) is 9.41. The van der Waals surface area contributed by atoms with Crippen molar-refractivity contribution >= 4 is 104 Å². The van der Waals surface area contributed by atoms with Crippen molar-refractivity contribution in [2.75, 3.05) is 0 Å². The molecule has 0 spiro atoms. The van der Waals surface area contributed by atoms with E-state index in [1.165, 1.54) is 0 Å². The summed E-state index contributed by atoms with van der Waals surface area (Å²) >= 11 is 13.7. The van der Waals surface area contributed by atoms with Gasteiger partial charge < -0.3 is 9.68 Å². The van der Waals surface area contributed by atoms with E-state index in [2.05, 4.69) is 121 Å². The van der Waals surface area contributed by atoms with E-state index >= 15 is 0 Å². The van der Waals surface area contributed by atoms with E-state index in [-0.39, 0.29) is 1.43 Å². The molecule has 0 unspecified atom stereocenters. The summed E-state index contributed by atoms with van der Waals surface area (Å²) in [5, 5.41) is 11.7. The Bertz CT molecular complexity index is 2250. The summed E-state index contributed by atoms with van der Waals surface area (Å²) in [6, 6.07) is 42.7. The lowest BCUT2D eigenvalue weighted by atomic mass is 9.99. The van der Waals surface area contributed by atoms with Crippen molar-refractivity contribution in [1.29, 1.82) is 0 Å². The van der Waals surface area contributed by atoms with Gasteiger partial charge in [0, 0.05) is 59.0 Å². The SMILES string of the molecule is Brc1cc(-c2cnc3ccccc3c2)cc(-c2cnc3ccccc3c2)c1.Brc1cc(Br)cc(Br)c1.O[B]Oc1cnc2ccccc2c1.[2HH]. The Balaban J connectivity index is 0.000000175. The maximum Gasteiger partial charge on any atom is 0.569 e. The van der Waals surface area contributed by atoms with Gasteiger partial charge in [-0.3, -0.25) is 15.0 Å². The molecule has 49 heavy (non-hydrogen) atoms. The van der Waals surface area contributed by atoms with E-state index in [0.717, 1.165) is 72.9 Å². The third-order valence-electron chi connectivity index (χ3n) is 7.33. The average Bonchev–Trinajstić information content (AvgIpc) is 3.11. The summed E-state index contributed by atoms with van der Waals surface area (Å²) in [4.78, 5) is 13.3. The molecule has 1 radical (unpaired) electrons. The molecule has 0 saturated heterocycles. The van der Waals surface area contributed by atoms with Crippen LogP contribution in [-0.2, 0) is 0 Å². The van der Waals surface area contributed by atoms with E-state index in [0.29, 0.717) is 13.4 Å². The number of pyridine rings is 3. The minimum absolute atomic E-state index is 0. The molecule has 10 heteroatoms. The zero-order chi connectivity index (χ0) is 34.2. The van der Waals surface area contributed by atoms with Crippen molar-refractivity contribution in [3.63, 3.8) is 0 Å². The Kier molecular flexibility index (Phi) is 11.9. The summed E-state index contributed by atoms with van der Waals surface area (Å²) in [5.41, 5.74) is 7.39. The zero-order valence-corrected chi connectivity index (χ0v) is 32.0. The summed E-state index contributed by atoms with van der Waals surface area (Å²) in [7, 11) is 0.645. The molecule has 0 amide bonds. The normalized spacial score (nSPS) is 10.6. The first-order valence-electron chi connectivity index (χ1n) is 14.9. The topological polar surface area (TPSA) is 68.1 Å². The predicted molar refractivity (Wildman–Crippen MR) is 218 cm³/mol. The van der Waals surface area contributed by atoms with Gasteiger partial charge in [0.05, 0.1) is 22.7 Å². The van der Waals surface area contributed by atoms with Gasteiger partial charge in [0.15, 0.2) is 0 Å². The third-order valence-corrected chi connectivity index (χ3v) is 9.16. The van der Waals surface area contributed by atoms with Gasteiger partial charge in [0.1, 0.15) is 5.75 Å². The van der Waals surface area contributed by atoms with Gasteiger partial charge in [-0.15, -0.1) is 0 Å². The lowest BCUT2D eigenvalue weighted by molar-refractivity contribution is 0.453. The highest BCUT2D eigenvalue weighted by Gasteiger charge is 2.07. The molecule has 0 aliphatic rings. The van der Waals surface area contributed by atoms with Gasteiger partial charge in [0.2, 0.25) is 0 Å². The maximum atomic E-state index is 8.42. The monoisotopic (exact) mass is 897 g/mol. The van der Waals surface area contributed by atoms with E-state index in [1.807, 2.05) is 97.3 Å². The van der Waals surface area contributed by atoms with Crippen LogP contribution in [0.15, 0.2) is 164 Å². The summed E-state index contributed by atoms with van der Waals surface area (Å²) in [6.45, 7) is 0. The van der Waals surface area contributed by atoms with Crippen molar-refractivity contribution in [1.82, 2.24) is 15.0 Å². The van der Waals surface area contributed by atoms with E-state index in [4.69, 9.17) is 9.68 Å². The Morgan fingerprint density at radius 3 is 1.29 bits per heavy atom. The number of hydrogen-bond donors (Lipinski definition) is 1. The quantitative estimate of drug-likeness (QED) is 0.178. The summed E-state index contributed by atoms with van der Waals surface area (Å²) in [6.07, 6.45) is 5.44. The Hall–Kier alpha value is -3.93. The number of para-hydroxylation sites is 3. The van der Waals surface area contributed by atoms with Gasteiger partial charge >= 0.3 is 7.69 Å². The van der Waals surface area contributed by atoms with Crippen LogP contribution in [0, 0.1) is 0 Å². The van der Waals surface area contributed by atoms with Gasteiger partial charge in [-0.25, -0.2) is 0 Å². The van der Waals surface area contributed by atoms with Crippen LogP contribution in [0.3, 0.4) is 0 Å². The number of aromatic nitrogens is 3. The molecule has 8 aromatic rings. The average molecular weight is 901 g/mol. The molecule has 5 nitrogen and oxygen atoms in total. The predicted octanol–water partition coefficient (Wildman–Crippen LogP) is 12.2. The molecule has 0 bridgehead atoms. The zero-order valence-electron chi connectivity index (χ0n) is 25.6. The maximum absolute atomic E-state index is 8.42. The molecular formula is C39H27BBr4N3O2. The first kappa shape index (κ1) is 34.9. The van der Waals surface area contributed by atoms with Crippen LogP contribution in [0.5, 0.6) is 5.75 Å². The van der Waals surface area contributed by atoms with Crippen LogP contribution in [0.1, 0.15) is 1.43 Å². The van der Waals surface area contributed by atoms with E-state index in [9.17, 15) is 0 Å². The van der Waals surface area contributed by atoms with E-state index in [1.54, 1.807) is 6.20 Å². The van der Waals surface area contributed by atoms with Gasteiger partial charge in [-0.1, -0.05) is 118 Å². The minimum atomic E-state index is 0. The van der Waals surface area contributed by atoms with Crippen LogP contribution < -0.4 is 4.65 Å². The number of nitrogens with zero attached hydrogens (tertiary/aromatic N) is 3. The number of fused-ring (bicyclic) bond motifs is 3. The molecule has 1 N–H and O–H groups in total. The molecule has 8 rings (SSSR count). The minimum Gasteiger partial charge on any atom is -0.536 e. The molecule has 0 aliphatic heterocycles. The van der Waals surface area contributed by atoms with Crippen molar-refractivity contribution in [2.24, 2.45) is 0 Å². The van der Waals surface area contributed by atoms with Crippen molar-refractivity contribution in [3.8, 4) is 28.0 Å². The number of hydrogen-bond acceptors (Lipinski definition) is 5. The van der Waals surface area contributed by atoms with Crippen LogP contribution in [0.2, 0.25) is 0 Å². The first-order chi connectivity index (χ1) is 23.8. The summed E-state index contributed by atoms with van der Waals surface area (Å²) < 4.78 is 9.04. The molecule has 5 aromatic carbocycles. The number of benzene rings is 5. The number of rotatable bonds is 4. The molecular weight excluding hydrogens is 873 g/mol. The van der Waals surface area contributed by atoms with Crippen LogP contribution in [-0.4, -0.2) is 27.7 Å². The summed E-state index contributed by atoms with van der Waals surface area (Å²) in [5.74, 6) is 0.529. The molecule has 0 aliphatic carbocycles. The second kappa shape index (κ2) is 16.7. The van der Waals surface area contributed by atoms with Gasteiger partial charge in [-0.2, -0.15) is 0 Å². The number of halogens is 4. The highest BCUT2D eigenvalue weighted by atomic mass is 79.9. The lowest BCUT2D eigenvalue weighted by Gasteiger charge is -2.09. The van der Waals surface area contributed by atoms with E-state index < -0.39 is 0 Å². The largest absolute Gasteiger partial charge is 0.569 e. The first-order valence-corrected chi connectivity index (χ1v) is 18.1. The van der Waals surface area contributed by atoms with Crippen molar-refractivity contribution in [2.45, 2.75) is 0 Å². The Labute approximate surface area is 319 Å². The second-order valence-corrected chi connectivity index (χ2v) is 14.4. The molecule has 0 atom stereocenters. The smallest absolute Gasteiger partial charge is 0.536 e. The van der Waals surface area contributed by atoms with Crippen molar-refractivity contribution in [3.05, 3.63) is 164 Å². The van der Waals surface area contributed by atoms with Gasteiger partial charge in [-0.05, 0) is 83.9 Å². The fraction of sp³-hybridized carbons (Fsp3) is 0. The fourth-order valence-corrected chi connectivity index (χ4v) is 7.97. The van der Waals surface area contributed by atoms with Crippen LogP contribution in [0.4, 0.5) is 0 Å². The molecule has 0 saturated carbocycles. The fourth-order valence-electron chi connectivity index (χ4n) is 5.08. The van der Waals surface area contributed by atoms with Gasteiger partial charge in [0.25, 0.3) is 0 Å². The molecule has 0 fully saturated rings. The van der Waals surface area contributed by atoms with Crippen molar-refractivity contribution < 1.29 is 11.1 Å². The Morgan fingerprint density at radius 1 is 0.449 bits per heavy atom. The highest BCUT2D eigenvalue weighted by Crippen LogP contribution is 2.32. The second-order valence-electron chi connectivity index (χ2n) is 10.7. The lowest BCUT2D eigenvalue weighted by Crippen LogP contribution is -1.99. The van der Waals surface area contributed by atoms with Crippen LogP contribution >= 0.6 is 63.7 Å². The molecule has 241 valence electrons. The molecule has 3 aromatic heterocycles. The standard InChI is InChI=1S/C24H15BrN2.C9H7BNO2.C6H3Br3.H2/c25-22-12-18(20-9-16-5-1-3-7-23(16)26-14-20)11-19(13-22)21-10-17-6-2-4-8-24(17)27-15-21;12-10-13-8-5-7-3-1-2-4-9(7)11-6-8;7-4-1-5(8)3-6(9)2-4;/h1-15H;1-6,12H;1-3H;1H/i;;;1+1. The van der Waals surface area contributed by atoms with Crippen LogP contribution in [0.25, 0.3) is 55.0 Å². The molecule has 3 heterocycles.